The Balaban J connectivity index is 1.55. The lowest BCUT2D eigenvalue weighted by atomic mass is 9.85. The van der Waals surface area contributed by atoms with Gasteiger partial charge in [0, 0.05) is 38.1 Å². The molecule has 1 saturated heterocycles. The first-order valence-electron chi connectivity index (χ1n) is 11.6. The molecule has 172 valence electrons. The third kappa shape index (κ3) is 3.60. The maximum Gasteiger partial charge on any atom is 0.328 e. The van der Waals surface area contributed by atoms with Crippen molar-refractivity contribution in [2.24, 2.45) is 14.1 Å². The van der Waals surface area contributed by atoms with E-state index in [4.69, 9.17) is 4.74 Å². The van der Waals surface area contributed by atoms with Crippen LogP contribution >= 0.6 is 0 Å². The molecule has 0 radical (unpaired) electrons. The summed E-state index contributed by atoms with van der Waals surface area (Å²) in [5.74, 6) is 1.29. The minimum Gasteiger partial charge on any atom is -0.381 e. The summed E-state index contributed by atoms with van der Waals surface area (Å²) in [7, 11) is 3.61. The molecule has 5 rings (SSSR count). The van der Waals surface area contributed by atoms with E-state index in [1.807, 2.05) is 19.1 Å². The lowest BCUT2D eigenvalue weighted by molar-refractivity contribution is 0.0852. The zero-order chi connectivity index (χ0) is 23.3. The highest BCUT2D eigenvalue weighted by Crippen LogP contribution is 2.34. The molecular weight excluding hydrogens is 414 g/mol. The zero-order valence-electron chi connectivity index (χ0n) is 20.0. The Kier molecular flexibility index (Phi) is 5.44. The van der Waals surface area contributed by atoms with Crippen molar-refractivity contribution in [2.45, 2.75) is 45.6 Å². The van der Waals surface area contributed by atoms with Crippen LogP contribution in [0.5, 0.6) is 0 Å². The van der Waals surface area contributed by atoms with E-state index in [2.05, 4.69) is 47.6 Å². The highest BCUT2D eigenvalue weighted by molar-refractivity contribution is 6.01. The average Bonchev–Trinajstić information content (AvgIpc) is 3.04. The van der Waals surface area contributed by atoms with E-state index < -0.39 is 0 Å². The Morgan fingerprint density at radius 3 is 2.39 bits per heavy atom. The number of nitrogens with one attached hydrogen (secondary N) is 1. The minimum atomic E-state index is -0.0395. The standard InChI is InChI=1S/C26H31N5O2/c1-15-19(7-6-8-20(15)18-9-11-33-12-10-18)16(2)27-25-22-14-24-23(30(4)26(32)31(24)5)13-21(22)17(3)28-29-25/h6-8,13-14,16,18H,9-12H2,1-5H3,(H,27,29). The monoisotopic (exact) mass is 445 g/mol. The smallest absolute Gasteiger partial charge is 0.328 e. The van der Waals surface area contributed by atoms with Gasteiger partial charge in [-0.05, 0) is 68.4 Å². The Morgan fingerprint density at radius 1 is 1.03 bits per heavy atom. The molecule has 1 N–H and O–H groups in total. The third-order valence-electron chi connectivity index (χ3n) is 7.25. The molecule has 1 unspecified atom stereocenters. The Bertz CT molecular complexity index is 1410. The van der Waals surface area contributed by atoms with Gasteiger partial charge in [-0.25, -0.2) is 4.79 Å². The van der Waals surface area contributed by atoms with Crippen molar-refractivity contribution in [1.82, 2.24) is 19.3 Å². The Hall–Kier alpha value is -3.19. The number of nitrogens with zero attached hydrogens (tertiary/aromatic N) is 4. The number of benzene rings is 2. The van der Waals surface area contributed by atoms with Crippen molar-refractivity contribution in [3.05, 3.63) is 63.2 Å². The molecule has 2 aromatic carbocycles. The fraction of sp³-hybridized carbons (Fsp3) is 0.423. The lowest BCUT2D eigenvalue weighted by Crippen LogP contribution is -2.19. The van der Waals surface area contributed by atoms with Gasteiger partial charge >= 0.3 is 5.69 Å². The highest BCUT2D eigenvalue weighted by atomic mass is 16.5. The van der Waals surface area contributed by atoms with Crippen LogP contribution in [-0.4, -0.2) is 32.5 Å². The summed E-state index contributed by atoms with van der Waals surface area (Å²) in [6.45, 7) is 8.02. The van der Waals surface area contributed by atoms with Gasteiger partial charge in [0.15, 0.2) is 5.82 Å². The van der Waals surface area contributed by atoms with Gasteiger partial charge in [-0.1, -0.05) is 18.2 Å². The van der Waals surface area contributed by atoms with E-state index in [9.17, 15) is 4.79 Å². The summed E-state index contributed by atoms with van der Waals surface area (Å²) in [6.07, 6.45) is 2.15. The number of rotatable bonds is 4. The van der Waals surface area contributed by atoms with Gasteiger partial charge < -0.3 is 10.1 Å². The van der Waals surface area contributed by atoms with Crippen LogP contribution in [0.15, 0.2) is 35.1 Å². The fourth-order valence-corrected chi connectivity index (χ4v) is 5.25. The number of fused-ring (bicyclic) bond motifs is 2. The molecule has 3 heterocycles. The topological polar surface area (TPSA) is 74.0 Å². The second kappa shape index (κ2) is 8.30. The van der Waals surface area contributed by atoms with Crippen LogP contribution in [0.4, 0.5) is 5.82 Å². The normalized spacial score (nSPS) is 15.9. The maximum absolute atomic E-state index is 12.5. The van der Waals surface area contributed by atoms with E-state index in [-0.39, 0.29) is 11.7 Å². The quantitative estimate of drug-likeness (QED) is 0.501. The van der Waals surface area contributed by atoms with Gasteiger partial charge in [-0.15, -0.1) is 5.10 Å². The maximum atomic E-state index is 12.5. The molecule has 1 aliphatic heterocycles. The zero-order valence-corrected chi connectivity index (χ0v) is 20.0. The van der Waals surface area contributed by atoms with Crippen molar-refractivity contribution in [3.63, 3.8) is 0 Å². The molecule has 0 aliphatic carbocycles. The minimum absolute atomic E-state index is 0.0395. The number of hydrogen-bond donors (Lipinski definition) is 1. The largest absolute Gasteiger partial charge is 0.381 e. The average molecular weight is 446 g/mol. The predicted octanol–water partition coefficient (Wildman–Crippen LogP) is 4.50. The predicted molar refractivity (Wildman–Crippen MR) is 132 cm³/mol. The second-order valence-electron chi connectivity index (χ2n) is 9.24. The van der Waals surface area contributed by atoms with E-state index in [0.29, 0.717) is 5.92 Å². The molecule has 33 heavy (non-hydrogen) atoms. The van der Waals surface area contributed by atoms with Crippen molar-refractivity contribution in [3.8, 4) is 0 Å². The van der Waals surface area contributed by atoms with Crippen LogP contribution in [0, 0.1) is 13.8 Å². The first-order valence-corrected chi connectivity index (χ1v) is 11.6. The van der Waals surface area contributed by atoms with Crippen LogP contribution in [0.3, 0.4) is 0 Å². The molecule has 1 atom stereocenters. The molecule has 0 spiro atoms. The summed E-state index contributed by atoms with van der Waals surface area (Å²) in [5.41, 5.74) is 6.61. The number of hydrogen-bond acceptors (Lipinski definition) is 5. The SMILES string of the molecule is Cc1c(C2CCOCC2)cccc1C(C)Nc1nnc(C)c2cc3c(cc12)n(C)c(=O)n3C. The molecular formula is C26H31N5O2. The summed E-state index contributed by atoms with van der Waals surface area (Å²) in [6, 6.07) is 10.8. The van der Waals surface area contributed by atoms with E-state index in [1.54, 1.807) is 23.2 Å². The number of ether oxygens (including phenoxy) is 1. The van der Waals surface area contributed by atoms with Crippen LogP contribution in [0.2, 0.25) is 0 Å². The Morgan fingerprint density at radius 2 is 1.70 bits per heavy atom. The van der Waals surface area contributed by atoms with Gasteiger partial charge in [-0.3, -0.25) is 9.13 Å². The summed E-state index contributed by atoms with van der Waals surface area (Å²) in [5, 5.41) is 14.5. The summed E-state index contributed by atoms with van der Waals surface area (Å²) < 4.78 is 8.92. The summed E-state index contributed by atoms with van der Waals surface area (Å²) in [4.78, 5) is 12.5. The third-order valence-corrected chi connectivity index (χ3v) is 7.25. The van der Waals surface area contributed by atoms with E-state index >= 15 is 0 Å². The molecule has 0 bridgehead atoms. The van der Waals surface area contributed by atoms with E-state index in [1.165, 1.54) is 16.7 Å². The molecule has 2 aromatic heterocycles. The first kappa shape index (κ1) is 21.6. The van der Waals surface area contributed by atoms with Crippen LogP contribution < -0.4 is 11.0 Å². The van der Waals surface area contributed by atoms with Crippen LogP contribution in [-0.2, 0) is 18.8 Å². The number of anilines is 1. The van der Waals surface area contributed by atoms with Crippen molar-refractivity contribution >= 4 is 27.6 Å². The molecule has 0 amide bonds. The number of imidazole rings is 1. The van der Waals surface area contributed by atoms with E-state index in [0.717, 1.165) is 59.4 Å². The van der Waals surface area contributed by atoms with Gasteiger partial charge in [0.05, 0.1) is 22.8 Å². The molecule has 7 nitrogen and oxygen atoms in total. The molecule has 1 aliphatic rings. The van der Waals surface area contributed by atoms with Gasteiger partial charge in [-0.2, -0.15) is 5.10 Å². The number of aryl methyl sites for hydroxylation is 3. The van der Waals surface area contributed by atoms with Crippen LogP contribution in [0.1, 0.15) is 54.1 Å². The number of aromatic nitrogens is 4. The van der Waals surface area contributed by atoms with Gasteiger partial charge in [0.1, 0.15) is 0 Å². The van der Waals surface area contributed by atoms with Gasteiger partial charge in [0.25, 0.3) is 0 Å². The van der Waals surface area contributed by atoms with Gasteiger partial charge in [0.2, 0.25) is 0 Å². The highest BCUT2D eigenvalue weighted by Gasteiger charge is 2.21. The molecule has 0 saturated carbocycles. The fourth-order valence-electron chi connectivity index (χ4n) is 5.25. The Labute approximate surface area is 193 Å². The first-order chi connectivity index (χ1) is 15.9. The summed E-state index contributed by atoms with van der Waals surface area (Å²) >= 11 is 0. The molecule has 1 fully saturated rings. The lowest BCUT2D eigenvalue weighted by Gasteiger charge is -2.26. The molecule has 4 aromatic rings. The van der Waals surface area contributed by atoms with Crippen molar-refractivity contribution < 1.29 is 4.74 Å². The van der Waals surface area contributed by atoms with Crippen molar-refractivity contribution in [2.75, 3.05) is 18.5 Å². The van der Waals surface area contributed by atoms with Crippen LogP contribution in [0.25, 0.3) is 21.8 Å². The molecule has 7 heteroatoms. The van der Waals surface area contributed by atoms with Crippen molar-refractivity contribution in [1.29, 1.82) is 0 Å². The second-order valence-corrected chi connectivity index (χ2v) is 9.24.